The highest BCUT2D eigenvalue weighted by Crippen LogP contribution is 2.38. The van der Waals surface area contributed by atoms with Crippen molar-refractivity contribution in [3.05, 3.63) is 58.8 Å². The fourth-order valence-corrected chi connectivity index (χ4v) is 3.47. The van der Waals surface area contributed by atoms with E-state index in [1.807, 2.05) is 0 Å². The summed E-state index contributed by atoms with van der Waals surface area (Å²) in [6.45, 7) is -0.613. The largest absolute Gasteiger partial charge is 0.388 e. The predicted molar refractivity (Wildman–Crippen MR) is 91.3 cm³/mol. The van der Waals surface area contributed by atoms with Crippen molar-refractivity contribution in [2.24, 2.45) is 0 Å². The molecule has 0 radical (unpaired) electrons. The second kappa shape index (κ2) is 6.79. The number of hydrogen-bond donors (Lipinski definition) is 1. The minimum atomic E-state index is -3.95. The first-order chi connectivity index (χ1) is 12.2. The van der Waals surface area contributed by atoms with Crippen LogP contribution in [-0.4, -0.2) is 24.9 Å². The van der Waals surface area contributed by atoms with Crippen molar-refractivity contribution in [2.75, 3.05) is 6.26 Å². The second-order valence-corrected chi connectivity index (χ2v) is 7.95. The van der Waals surface area contributed by atoms with E-state index >= 15 is 0 Å². The number of nitrogens with zero attached hydrogens (tertiary/aromatic N) is 1. The molecule has 0 unspecified atom stereocenters. The molecule has 9 heteroatoms. The van der Waals surface area contributed by atoms with Gasteiger partial charge in [0.1, 0.15) is 28.8 Å². The first-order valence-electron chi connectivity index (χ1n) is 7.27. The molecule has 0 aliphatic heterocycles. The van der Waals surface area contributed by atoms with Crippen molar-refractivity contribution in [2.45, 2.75) is 11.5 Å². The summed E-state index contributed by atoms with van der Waals surface area (Å²) in [7, 11) is -3.95. The van der Waals surface area contributed by atoms with E-state index in [1.54, 1.807) is 24.3 Å². The number of aliphatic hydroxyl groups excluding tert-OH is 1. The molecule has 3 rings (SSSR count). The van der Waals surface area contributed by atoms with Gasteiger partial charge in [-0.25, -0.2) is 17.2 Å². The van der Waals surface area contributed by atoms with Crippen LogP contribution in [0.4, 0.5) is 8.78 Å². The number of hydrogen-bond acceptors (Lipinski definition) is 5. The van der Waals surface area contributed by atoms with Crippen molar-refractivity contribution in [3.8, 4) is 22.4 Å². The van der Waals surface area contributed by atoms with Gasteiger partial charge in [-0.3, -0.25) is 0 Å². The maximum absolute atomic E-state index is 14.6. The first kappa shape index (κ1) is 18.5. The molecule has 0 saturated carbocycles. The molecule has 1 aromatic heterocycles. The SMILES string of the molecule is CS(=O)(=O)c1cc(F)c(-c2c(-c3cccc(Cl)c3)noc2CO)cc1F. The fraction of sp³-hybridized carbons (Fsp3) is 0.118. The van der Waals surface area contributed by atoms with Crippen molar-refractivity contribution in [1.29, 1.82) is 0 Å². The zero-order valence-corrected chi connectivity index (χ0v) is 14.9. The maximum atomic E-state index is 14.6. The molecule has 0 amide bonds. The molecule has 0 saturated heterocycles. The summed E-state index contributed by atoms with van der Waals surface area (Å²) in [4.78, 5) is -0.759. The summed E-state index contributed by atoms with van der Waals surface area (Å²) in [5.41, 5.74) is 0.339. The predicted octanol–water partition coefficient (Wildman–Crippen LogP) is 3.84. The lowest BCUT2D eigenvalue weighted by Crippen LogP contribution is -2.03. The van der Waals surface area contributed by atoms with Crippen LogP contribution in [0.25, 0.3) is 22.4 Å². The lowest BCUT2D eigenvalue weighted by Gasteiger charge is -2.08. The number of sulfone groups is 1. The fourth-order valence-electron chi connectivity index (χ4n) is 2.55. The maximum Gasteiger partial charge on any atom is 0.178 e. The Balaban J connectivity index is 2.28. The zero-order valence-electron chi connectivity index (χ0n) is 13.3. The van der Waals surface area contributed by atoms with Gasteiger partial charge in [0.2, 0.25) is 0 Å². The molecule has 0 spiro atoms. The van der Waals surface area contributed by atoms with Gasteiger partial charge in [-0.15, -0.1) is 0 Å². The minimum absolute atomic E-state index is 0.0196. The van der Waals surface area contributed by atoms with E-state index in [2.05, 4.69) is 5.16 Å². The third-order valence-electron chi connectivity index (χ3n) is 3.69. The van der Waals surface area contributed by atoms with E-state index < -0.39 is 33.0 Å². The molecule has 0 aliphatic carbocycles. The van der Waals surface area contributed by atoms with Crippen LogP contribution >= 0.6 is 11.6 Å². The average Bonchev–Trinajstić information content (AvgIpc) is 2.99. The summed E-state index contributed by atoms with van der Waals surface area (Å²) in [5, 5.41) is 13.7. The lowest BCUT2D eigenvalue weighted by atomic mass is 9.98. The third kappa shape index (κ3) is 3.35. The summed E-state index contributed by atoms with van der Waals surface area (Å²) < 4.78 is 57.0. The van der Waals surface area contributed by atoms with Crippen LogP contribution in [0.3, 0.4) is 0 Å². The Morgan fingerprint density at radius 1 is 1.19 bits per heavy atom. The monoisotopic (exact) mass is 399 g/mol. The number of halogens is 3. The highest BCUT2D eigenvalue weighted by Gasteiger charge is 2.25. The van der Waals surface area contributed by atoms with Gasteiger partial charge in [-0.1, -0.05) is 28.9 Å². The van der Waals surface area contributed by atoms with Crippen molar-refractivity contribution < 1.29 is 26.8 Å². The van der Waals surface area contributed by atoms with E-state index in [4.69, 9.17) is 16.1 Å². The van der Waals surface area contributed by atoms with E-state index in [0.717, 1.165) is 12.3 Å². The Hall–Kier alpha value is -2.29. The Labute approximate surface area is 152 Å². The molecule has 0 atom stereocenters. The van der Waals surface area contributed by atoms with Gasteiger partial charge in [0.05, 0.1) is 5.56 Å². The molecule has 1 N–H and O–H groups in total. The summed E-state index contributed by atoms with van der Waals surface area (Å²) >= 11 is 5.95. The van der Waals surface area contributed by atoms with Gasteiger partial charge in [0, 0.05) is 22.4 Å². The summed E-state index contributed by atoms with van der Waals surface area (Å²) in [6.07, 6.45) is 0.778. The molecule has 0 aliphatic rings. The van der Waals surface area contributed by atoms with Crippen molar-refractivity contribution >= 4 is 21.4 Å². The zero-order chi connectivity index (χ0) is 19.1. The third-order valence-corrected chi connectivity index (χ3v) is 5.04. The molecule has 136 valence electrons. The molecule has 0 bridgehead atoms. The van der Waals surface area contributed by atoms with Crippen LogP contribution in [-0.2, 0) is 16.4 Å². The average molecular weight is 400 g/mol. The van der Waals surface area contributed by atoms with E-state index in [0.29, 0.717) is 16.7 Å². The van der Waals surface area contributed by atoms with Crippen LogP contribution < -0.4 is 0 Å². The Morgan fingerprint density at radius 2 is 1.92 bits per heavy atom. The van der Waals surface area contributed by atoms with Crippen LogP contribution in [0.5, 0.6) is 0 Å². The van der Waals surface area contributed by atoms with E-state index in [1.165, 1.54) is 0 Å². The Morgan fingerprint density at radius 3 is 2.54 bits per heavy atom. The first-order valence-corrected chi connectivity index (χ1v) is 9.54. The lowest BCUT2D eigenvalue weighted by molar-refractivity contribution is 0.230. The number of aromatic nitrogens is 1. The molecule has 5 nitrogen and oxygen atoms in total. The quantitative estimate of drug-likeness (QED) is 0.721. The topological polar surface area (TPSA) is 80.4 Å². The summed E-state index contributed by atoms with van der Waals surface area (Å²) in [5.74, 6) is -2.20. The normalized spacial score (nSPS) is 11.7. The van der Waals surface area contributed by atoms with Gasteiger partial charge in [-0.2, -0.15) is 0 Å². The number of aliphatic hydroxyl groups is 1. The van der Waals surface area contributed by atoms with Gasteiger partial charge in [0.15, 0.2) is 15.6 Å². The molecule has 3 aromatic rings. The Bertz CT molecular complexity index is 1100. The van der Waals surface area contributed by atoms with Crippen molar-refractivity contribution in [1.82, 2.24) is 5.16 Å². The Kier molecular flexibility index (Phi) is 4.83. The minimum Gasteiger partial charge on any atom is -0.388 e. The van der Waals surface area contributed by atoms with Crippen LogP contribution in [0.2, 0.25) is 5.02 Å². The van der Waals surface area contributed by atoms with Gasteiger partial charge >= 0.3 is 0 Å². The van der Waals surface area contributed by atoms with Gasteiger partial charge in [-0.05, 0) is 24.3 Å². The van der Waals surface area contributed by atoms with Gasteiger partial charge < -0.3 is 9.63 Å². The van der Waals surface area contributed by atoms with E-state index in [9.17, 15) is 22.3 Å². The van der Waals surface area contributed by atoms with Gasteiger partial charge in [0.25, 0.3) is 0 Å². The van der Waals surface area contributed by atoms with Crippen LogP contribution in [0.15, 0.2) is 45.8 Å². The number of benzene rings is 2. The second-order valence-electron chi connectivity index (χ2n) is 5.53. The summed E-state index contributed by atoms with van der Waals surface area (Å²) in [6, 6.07) is 7.77. The molecular weight excluding hydrogens is 388 g/mol. The molecule has 2 aromatic carbocycles. The van der Waals surface area contributed by atoms with Crippen LogP contribution in [0.1, 0.15) is 5.76 Å². The molecule has 26 heavy (non-hydrogen) atoms. The van der Waals surface area contributed by atoms with Crippen LogP contribution in [0, 0.1) is 11.6 Å². The molecule has 1 heterocycles. The molecule has 0 fully saturated rings. The molecular formula is C17H12ClF2NO4S. The smallest absolute Gasteiger partial charge is 0.178 e. The van der Waals surface area contributed by atoms with E-state index in [-0.39, 0.29) is 22.6 Å². The highest BCUT2D eigenvalue weighted by atomic mass is 35.5. The standard InChI is InChI=1S/C17H12ClF2NO4S/c1-26(23,24)15-7-12(19)11(6-13(15)20)16-14(8-22)25-21-17(16)9-3-2-4-10(18)5-9/h2-7,22H,8H2,1H3. The number of rotatable bonds is 4. The van der Waals surface area contributed by atoms with Crippen molar-refractivity contribution in [3.63, 3.8) is 0 Å². The highest BCUT2D eigenvalue weighted by molar-refractivity contribution is 7.90.